The summed E-state index contributed by atoms with van der Waals surface area (Å²) in [7, 11) is 1.19. The number of nitrogens with zero attached hydrogens (tertiary/aromatic N) is 4. The molecule has 8 nitrogen and oxygen atoms in total. The summed E-state index contributed by atoms with van der Waals surface area (Å²) < 4.78 is 70.7. The molecule has 1 amide bonds. The van der Waals surface area contributed by atoms with Gasteiger partial charge in [0, 0.05) is 31.0 Å². The lowest BCUT2D eigenvalue weighted by Crippen LogP contribution is -2.54. The average Bonchev–Trinajstić information content (AvgIpc) is 3.39. The van der Waals surface area contributed by atoms with Crippen LogP contribution in [0.2, 0.25) is 0 Å². The van der Waals surface area contributed by atoms with Gasteiger partial charge in [0.05, 0.1) is 24.0 Å². The summed E-state index contributed by atoms with van der Waals surface area (Å²) in [5.74, 6) is -4.90. The smallest absolute Gasteiger partial charge is 0.349 e. The normalized spacial score (nSPS) is 18.0. The van der Waals surface area contributed by atoms with E-state index < -0.39 is 41.4 Å². The fraction of sp³-hybridized carbons (Fsp3) is 0.333. The van der Waals surface area contributed by atoms with E-state index >= 15 is 0 Å². The van der Waals surface area contributed by atoms with Crippen molar-refractivity contribution in [1.29, 1.82) is 0 Å². The van der Waals surface area contributed by atoms with E-state index in [0.717, 1.165) is 24.4 Å². The zero-order valence-electron chi connectivity index (χ0n) is 19.5. The minimum atomic E-state index is -4.56. The first kappa shape index (κ1) is 26.5. The van der Waals surface area contributed by atoms with Crippen LogP contribution in [-0.4, -0.2) is 50.6 Å². The number of aromatic nitrogens is 3. The summed E-state index contributed by atoms with van der Waals surface area (Å²) >= 11 is 0. The fourth-order valence-electron chi connectivity index (χ4n) is 4.16. The Hall–Kier alpha value is -3.55. The third-order valence-electron chi connectivity index (χ3n) is 6.04. The Morgan fingerprint density at radius 2 is 1.92 bits per heavy atom. The number of hydrogen-bond donors (Lipinski definition) is 2. The minimum Gasteiger partial charge on any atom is -0.349 e. The highest BCUT2D eigenvalue weighted by atomic mass is 19.4. The van der Waals surface area contributed by atoms with E-state index in [0.29, 0.717) is 29.8 Å². The van der Waals surface area contributed by atoms with Crippen LogP contribution in [0.25, 0.3) is 11.3 Å². The molecule has 196 valence electrons. The number of hydrogen-bond acceptors (Lipinski definition) is 7. The first-order valence-corrected chi connectivity index (χ1v) is 11.1. The minimum absolute atomic E-state index is 0.0383. The van der Waals surface area contributed by atoms with Crippen LogP contribution in [0.15, 0.2) is 48.9 Å². The molecule has 0 saturated carbocycles. The Bertz CT molecular complexity index is 1270. The van der Waals surface area contributed by atoms with Gasteiger partial charge in [-0.2, -0.15) is 13.2 Å². The van der Waals surface area contributed by atoms with Gasteiger partial charge in [0.2, 0.25) is 5.91 Å². The van der Waals surface area contributed by atoms with Crippen LogP contribution in [0.3, 0.4) is 0 Å². The summed E-state index contributed by atoms with van der Waals surface area (Å²) in [6, 6.07) is 5.58. The van der Waals surface area contributed by atoms with E-state index in [1.165, 1.54) is 36.5 Å². The topological polar surface area (TPSA) is 100 Å². The molecule has 37 heavy (non-hydrogen) atoms. The lowest BCUT2D eigenvalue weighted by Gasteiger charge is -2.38. The molecule has 3 heterocycles. The molecule has 1 aliphatic rings. The number of carbonyl (C=O) groups excluding carboxylic acids is 1. The van der Waals surface area contributed by atoms with E-state index in [9.17, 15) is 31.9 Å². The summed E-state index contributed by atoms with van der Waals surface area (Å²) in [4.78, 5) is 25.9. The van der Waals surface area contributed by atoms with E-state index in [4.69, 9.17) is 4.74 Å². The van der Waals surface area contributed by atoms with Gasteiger partial charge in [-0.25, -0.2) is 23.6 Å². The summed E-state index contributed by atoms with van der Waals surface area (Å²) in [5.41, 5.74) is -0.0698. The largest absolute Gasteiger partial charge is 0.433 e. The first-order valence-electron chi connectivity index (χ1n) is 11.1. The van der Waals surface area contributed by atoms with Crippen molar-refractivity contribution >= 4 is 5.91 Å². The SMILES string of the molecule is COC(O)(c1ccc(F)c(F)c1)N1CCC[C@H]1C(=O)NCc1cc(-c2ccc(C(F)(F)F)nc2)ncn1. The maximum absolute atomic E-state index is 13.8. The van der Waals surface area contributed by atoms with Gasteiger partial charge in [-0.1, -0.05) is 0 Å². The molecular weight excluding hydrogens is 501 g/mol. The predicted molar refractivity (Wildman–Crippen MR) is 119 cm³/mol. The van der Waals surface area contributed by atoms with Crippen molar-refractivity contribution in [1.82, 2.24) is 25.2 Å². The lowest BCUT2D eigenvalue weighted by atomic mass is 10.1. The lowest BCUT2D eigenvalue weighted by molar-refractivity contribution is -0.294. The van der Waals surface area contributed by atoms with Gasteiger partial charge >= 0.3 is 6.18 Å². The molecule has 4 rings (SSSR count). The first-order chi connectivity index (χ1) is 17.5. The number of ether oxygens (including phenoxy) is 1. The van der Waals surface area contributed by atoms with Crippen LogP contribution < -0.4 is 5.32 Å². The van der Waals surface area contributed by atoms with Crippen LogP contribution in [-0.2, 0) is 28.2 Å². The molecule has 2 N–H and O–H groups in total. The molecule has 1 fully saturated rings. The van der Waals surface area contributed by atoms with Gasteiger partial charge in [-0.15, -0.1) is 0 Å². The Morgan fingerprint density at radius 1 is 1.14 bits per heavy atom. The standard InChI is InChI=1S/C24H22F5N5O3/c1-37-24(36,15-5-6-17(25)18(26)9-15)34-8-2-3-20(34)22(35)31-12-16-10-19(33-13-32-16)14-4-7-21(30-11-14)23(27,28)29/h4-7,9-11,13,20,36H,2-3,8,12H2,1H3,(H,31,35)/t20-,24?/m0/s1. The molecular formula is C24H22F5N5O3. The molecule has 1 saturated heterocycles. The number of amides is 1. The van der Waals surface area contributed by atoms with Crippen LogP contribution in [0.1, 0.15) is 29.8 Å². The fourth-order valence-corrected chi connectivity index (χ4v) is 4.16. The van der Waals surface area contributed by atoms with Crippen molar-refractivity contribution in [2.75, 3.05) is 13.7 Å². The summed E-state index contributed by atoms with van der Waals surface area (Å²) in [6.07, 6.45) is -1.40. The third-order valence-corrected chi connectivity index (χ3v) is 6.04. The van der Waals surface area contributed by atoms with E-state index in [-0.39, 0.29) is 18.7 Å². The van der Waals surface area contributed by atoms with E-state index in [2.05, 4.69) is 20.3 Å². The molecule has 2 aromatic heterocycles. The summed E-state index contributed by atoms with van der Waals surface area (Å²) in [6.45, 7) is 0.212. The third kappa shape index (κ3) is 5.58. The number of rotatable bonds is 7. The molecule has 3 aromatic rings. The second-order valence-electron chi connectivity index (χ2n) is 8.33. The second kappa shape index (κ2) is 10.4. The number of aliphatic hydroxyl groups is 1. The van der Waals surface area contributed by atoms with Crippen molar-refractivity contribution in [2.24, 2.45) is 0 Å². The Morgan fingerprint density at radius 3 is 2.57 bits per heavy atom. The van der Waals surface area contributed by atoms with Crippen molar-refractivity contribution in [3.05, 3.63) is 77.5 Å². The molecule has 1 unspecified atom stereocenters. The molecule has 13 heteroatoms. The zero-order valence-corrected chi connectivity index (χ0v) is 19.5. The van der Waals surface area contributed by atoms with Crippen LogP contribution in [0.4, 0.5) is 22.0 Å². The van der Waals surface area contributed by atoms with E-state index in [1.54, 1.807) is 0 Å². The molecule has 1 aromatic carbocycles. The van der Waals surface area contributed by atoms with Crippen LogP contribution in [0, 0.1) is 11.6 Å². The molecule has 0 spiro atoms. The van der Waals surface area contributed by atoms with Crippen molar-refractivity contribution in [3.8, 4) is 11.3 Å². The van der Waals surface area contributed by atoms with Gasteiger partial charge in [0.25, 0.3) is 5.91 Å². The number of methoxy groups -OCH3 is 1. The predicted octanol–water partition coefficient (Wildman–Crippen LogP) is 3.37. The second-order valence-corrected chi connectivity index (χ2v) is 8.33. The van der Waals surface area contributed by atoms with Crippen LogP contribution >= 0.6 is 0 Å². The number of alkyl halides is 3. The zero-order chi connectivity index (χ0) is 26.8. The molecule has 1 aliphatic heterocycles. The van der Waals surface area contributed by atoms with Crippen molar-refractivity contribution in [3.63, 3.8) is 0 Å². The Labute approximate surface area is 208 Å². The Kier molecular flexibility index (Phi) is 7.48. The molecule has 0 bridgehead atoms. The number of nitrogens with one attached hydrogen (secondary N) is 1. The average molecular weight is 523 g/mol. The van der Waals surface area contributed by atoms with Gasteiger partial charge in [-0.05, 0) is 49.2 Å². The number of carbonyl (C=O) groups is 1. The molecule has 0 aliphatic carbocycles. The van der Waals surface area contributed by atoms with E-state index in [1.807, 2.05) is 0 Å². The number of benzene rings is 1. The highest BCUT2D eigenvalue weighted by Gasteiger charge is 2.46. The van der Waals surface area contributed by atoms with Gasteiger partial charge in [0.1, 0.15) is 12.0 Å². The highest BCUT2D eigenvalue weighted by molar-refractivity contribution is 5.82. The maximum Gasteiger partial charge on any atom is 0.433 e. The highest BCUT2D eigenvalue weighted by Crippen LogP contribution is 2.34. The summed E-state index contributed by atoms with van der Waals surface area (Å²) in [5, 5.41) is 13.9. The van der Waals surface area contributed by atoms with Crippen molar-refractivity contribution < 1.29 is 36.6 Å². The molecule has 2 atom stereocenters. The monoisotopic (exact) mass is 523 g/mol. The van der Waals surface area contributed by atoms with Crippen molar-refractivity contribution in [2.45, 2.75) is 37.5 Å². The quantitative estimate of drug-likeness (QED) is 0.362. The van der Waals surface area contributed by atoms with Gasteiger partial charge < -0.3 is 15.2 Å². The number of likely N-dealkylation sites (tertiary alicyclic amines) is 1. The number of halogens is 5. The Balaban J connectivity index is 1.46. The molecule has 0 radical (unpaired) electrons. The maximum atomic E-state index is 13.8. The van der Waals surface area contributed by atoms with Gasteiger partial charge in [0.15, 0.2) is 11.6 Å². The van der Waals surface area contributed by atoms with Gasteiger partial charge in [-0.3, -0.25) is 9.78 Å². The number of pyridine rings is 1. The van der Waals surface area contributed by atoms with Crippen LogP contribution in [0.5, 0.6) is 0 Å².